The zero-order chi connectivity index (χ0) is 16.6. The van der Waals surface area contributed by atoms with Crippen molar-refractivity contribution in [3.8, 4) is 37.6 Å². The van der Waals surface area contributed by atoms with Crippen molar-refractivity contribution < 1.29 is 10.2 Å². The van der Waals surface area contributed by atoms with Crippen molar-refractivity contribution in [1.29, 1.82) is 5.26 Å². The summed E-state index contributed by atoms with van der Waals surface area (Å²) in [4.78, 5) is 0. The first-order valence-electron chi connectivity index (χ1n) is 6.51. The number of phenols is 2. The maximum absolute atomic E-state index is 9.48. The number of aromatic hydroxyl groups is 2. The Hall–Kier alpha value is -1.89. The quantitative estimate of drug-likeness (QED) is 0.605. The molecule has 2 N–H and O–H groups in total. The third-order valence-electron chi connectivity index (χ3n) is 3.27. The average molecular weight is 409 g/mol. The van der Waals surface area contributed by atoms with E-state index in [0.717, 1.165) is 20.0 Å². The third kappa shape index (κ3) is 3.10. The van der Waals surface area contributed by atoms with Crippen LogP contribution in [0.2, 0.25) is 10.0 Å². The SMILES string of the molecule is N#Cc1cc(-c2ccc(O)cc2Cl)[se]c1-c1ccc(O)cc1Cl. The van der Waals surface area contributed by atoms with Crippen LogP contribution in [-0.2, 0) is 0 Å². The molecule has 0 spiro atoms. The van der Waals surface area contributed by atoms with E-state index in [-0.39, 0.29) is 26.0 Å². The fraction of sp³-hybridized carbons (Fsp3) is 0. The fourth-order valence-electron chi connectivity index (χ4n) is 2.20. The molecule has 0 aliphatic carbocycles. The second-order valence-corrected chi connectivity index (χ2v) is 7.82. The van der Waals surface area contributed by atoms with Crippen LogP contribution in [0.25, 0.3) is 20.0 Å². The van der Waals surface area contributed by atoms with Gasteiger partial charge in [0.1, 0.15) is 0 Å². The van der Waals surface area contributed by atoms with Gasteiger partial charge in [-0.1, -0.05) is 0 Å². The molecule has 23 heavy (non-hydrogen) atoms. The molecular formula is C17H9Cl2NO2Se. The number of benzene rings is 2. The molecule has 0 saturated carbocycles. The number of halogens is 2. The number of hydrogen-bond acceptors (Lipinski definition) is 3. The van der Waals surface area contributed by atoms with E-state index < -0.39 is 0 Å². The van der Waals surface area contributed by atoms with Gasteiger partial charge < -0.3 is 0 Å². The molecule has 1 aromatic heterocycles. The molecule has 0 saturated heterocycles. The Morgan fingerprint density at radius 2 is 1.43 bits per heavy atom. The van der Waals surface area contributed by atoms with Crippen molar-refractivity contribution >= 4 is 37.7 Å². The van der Waals surface area contributed by atoms with Gasteiger partial charge in [-0.3, -0.25) is 0 Å². The minimum absolute atomic E-state index is 0.0816. The van der Waals surface area contributed by atoms with E-state index in [0.29, 0.717) is 15.6 Å². The number of hydrogen-bond donors (Lipinski definition) is 2. The topological polar surface area (TPSA) is 64.2 Å². The molecule has 2 aromatic carbocycles. The number of phenolic OH excluding ortho intramolecular Hbond substituents is 2. The molecule has 0 amide bonds. The van der Waals surface area contributed by atoms with Crippen LogP contribution < -0.4 is 0 Å². The Bertz CT molecular complexity index is 944. The molecule has 0 fully saturated rings. The van der Waals surface area contributed by atoms with Crippen molar-refractivity contribution in [2.24, 2.45) is 0 Å². The maximum atomic E-state index is 9.48. The predicted molar refractivity (Wildman–Crippen MR) is 92.3 cm³/mol. The summed E-state index contributed by atoms with van der Waals surface area (Å²) in [6.07, 6.45) is 0. The van der Waals surface area contributed by atoms with Gasteiger partial charge in [0.25, 0.3) is 0 Å². The van der Waals surface area contributed by atoms with E-state index in [1.54, 1.807) is 30.3 Å². The van der Waals surface area contributed by atoms with E-state index in [9.17, 15) is 15.5 Å². The number of nitrogens with zero attached hydrogens (tertiary/aromatic N) is 1. The summed E-state index contributed by atoms with van der Waals surface area (Å²) in [6, 6.07) is 13.5. The molecule has 114 valence electrons. The summed E-state index contributed by atoms with van der Waals surface area (Å²) < 4.78 is 1.79. The molecule has 3 rings (SSSR count). The molecule has 0 unspecified atom stereocenters. The van der Waals surface area contributed by atoms with Gasteiger partial charge >= 0.3 is 149 Å². The zero-order valence-electron chi connectivity index (χ0n) is 11.5. The van der Waals surface area contributed by atoms with Crippen LogP contribution in [0.5, 0.6) is 11.5 Å². The Kier molecular flexibility index (Phi) is 4.39. The number of rotatable bonds is 2. The monoisotopic (exact) mass is 409 g/mol. The van der Waals surface area contributed by atoms with Crippen LogP contribution in [0, 0.1) is 11.3 Å². The summed E-state index contributed by atoms with van der Waals surface area (Å²) in [6.45, 7) is 0. The van der Waals surface area contributed by atoms with Crippen molar-refractivity contribution in [1.82, 2.24) is 0 Å². The van der Waals surface area contributed by atoms with Gasteiger partial charge in [0.15, 0.2) is 0 Å². The molecular weight excluding hydrogens is 400 g/mol. The Morgan fingerprint density at radius 1 is 0.870 bits per heavy atom. The average Bonchev–Trinajstić information content (AvgIpc) is 2.91. The first-order valence-corrected chi connectivity index (χ1v) is 8.98. The van der Waals surface area contributed by atoms with Gasteiger partial charge in [-0.15, -0.1) is 0 Å². The standard InChI is InChI=1S/C17H9Cl2NO2Se/c18-14-6-10(21)1-3-12(14)16-5-9(8-20)17(23-16)13-4-2-11(22)7-15(13)19/h1-7,21-22H. The minimum atomic E-state index is -0.160. The second-order valence-electron chi connectivity index (χ2n) is 4.79. The second kappa shape index (κ2) is 6.31. The van der Waals surface area contributed by atoms with Crippen LogP contribution in [0.1, 0.15) is 5.56 Å². The molecule has 3 aromatic rings. The Morgan fingerprint density at radius 3 is 1.96 bits per heavy atom. The van der Waals surface area contributed by atoms with Gasteiger partial charge in [0.05, 0.1) is 0 Å². The van der Waals surface area contributed by atoms with Crippen LogP contribution in [0.15, 0.2) is 42.5 Å². The first-order chi connectivity index (χ1) is 11.0. The van der Waals surface area contributed by atoms with Crippen LogP contribution in [0.4, 0.5) is 0 Å². The number of nitriles is 1. The van der Waals surface area contributed by atoms with Gasteiger partial charge in [-0.25, -0.2) is 0 Å². The van der Waals surface area contributed by atoms with E-state index in [2.05, 4.69) is 6.07 Å². The van der Waals surface area contributed by atoms with Crippen LogP contribution in [0.3, 0.4) is 0 Å². The van der Waals surface area contributed by atoms with E-state index >= 15 is 0 Å². The van der Waals surface area contributed by atoms with Crippen LogP contribution in [-0.4, -0.2) is 24.7 Å². The van der Waals surface area contributed by atoms with Gasteiger partial charge in [0, 0.05) is 0 Å². The molecule has 3 nitrogen and oxygen atoms in total. The Labute approximate surface area is 148 Å². The van der Waals surface area contributed by atoms with Crippen molar-refractivity contribution in [2.75, 3.05) is 0 Å². The van der Waals surface area contributed by atoms with E-state index in [4.69, 9.17) is 23.2 Å². The fourth-order valence-corrected chi connectivity index (χ4v) is 5.49. The van der Waals surface area contributed by atoms with Crippen molar-refractivity contribution in [2.45, 2.75) is 0 Å². The first kappa shape index (κ1) is 16.0. The summed E-state index contributed by atoms with van der Waals surface area (Å²) in [5, 5.41) is 29.2. The van der Waals surface area contributed by atoms with Crippen molar-refractivity contribution in [3.63, 3.8) is 0 Å². The molecule has 6 heteroatoms. The summed E-state index contributed by atoms with van der Waals surface area (Å²) in [7, 11) is 0. The Balaban J connectivity index is 2.17. The van der Waals surface area contributed by atoms with E-state index in [1.807, 2.05) is 0 Å². The molecule has 0 aliphatic heterocycles. The van der Waals surface area contributed by atoms with Crippen molar-refractivity contribution in [3.05, 3.63) is 58.1 Å². The van der Waals surface area contributed by atoms with Gasteiger partial charge in [-0.2, -0.15) is 0 Å². The summed E-state index contributed by atoms with van der Waals surface area (Å²) >= 11 is 12.2. The zero-order valence-corrected chi connectivity index (χ0v) is 14.8. The predicted octanol–water partition coefficient (Wildman–Crippen LogP) is 4.67. The van der Waals surface area contributed by atoms with Gasteiger partial charge in [-0.05, 0) is 0 Å². The van der Waals surface area contributed by atoms with Gasteiger partial charge in [0.2, 0.25) is 0 Å². The molecule has 0 bridgehead atoms. The third-order valence-corrected chi connectivity index (χ3v) is 6.41. The molecule has 1 heterocycles. The molecule has 0 atom stereocenters. The molecule has 0 aliphatic rings. The summed E-state index contributed by atoms with van der Waals surface area (Å²) in [5.41, 5.74) is 2.07. The molecule has 0 radical (unpaired) electrons. The normalized spacial score (nSPS) is 10.5. The summed E-state index contributed by atoms with van der Waals surface area (Å²) in [5.74, 6) is 0.179. The van der Waals surface area contributed by atoms with E-state index in [1.165, 1.54) is 12.1 Å². The van der Waals surface area contributed by atoms with Crippen LogP contribution >= 0.6 is 23.2 Å².